The number of aromatic nitrogens is 1. The van der Waals surface area contributed by atoms with Crippen molar-refractivity contribution in [3.05, 3.63) is 200 Å². The number of benzene rings is 8. The molecule has 4 heteroatoms. The molecule has 3 nitrogen and oxygen atoms in total. The highest BCUT2D eigenvalue weighted by Gasteiger charge is 2.19. The first kappa shape index (κ1) is 30.2. The standard InChI is InChI=1S/C48H33N3S/c1-4-15-34(16-5-1)49(35-17-6-2-7-18-35)39-21-14-22-40(33-39)50(36-19-8-3-9-20-36)37-27-29-38(30-28-37)51-44-25-12-10-24-43(44)47-45(51)32-31-42-41-23-11-13-26-46(41)52-48(42)47/h1-33H. The van der Waals surface area contributed by atoms with Crippen LogP contribution in [0.2, 0.25) is 0 Å². The smallest absolute Gasteiger partial charge is 0.0555 e. The lowest BCUT2D eigenvalue weighted by Crippen LogP contribution is -2.13. The molecule has 0 aliphatic carbocycles. The van der Waals surface area contributed by atoms with Crippen molar-refractivity contribution < 1.29 is 0 Å². The molecule has 0 fully saturated rings. The van der Waals surface area contributed by atoms with Gasteiger partial charge in [-0.15, -0.1) is 11.3 Å². The summed E-state index contributed by atoms with van der Waals surface area (Å²) in [6, 6.07) is 71.8. The van der Waals surface area contributed by atoms with Crippen LogP contribution in [0.25, 0.3) is 47.7 Å². The van der Waals surface area contributed by atoms with Crippen molar-refractivity contribution in [1.82, 2.24) is 4.57 Å². The molecule has 52 heavy (non-hydrogen) atoms. The highest BCUT2D eigenvalue weighted by Crippen LogP contribution is 2.44. The zero-order valence-corrected chi connectivity index (χ0v) is 29.1. The van der Waals surface area contributed by atoms with Gasteiger partial charge in [0.25, 0.3) is 0 Å². The first-order valence-corrected chi connectivity index (χ1v) is 18.4. The minimum Gasteiger partial charge on any atom is -0.310 e. The van der Waals surface area contributed by atoms with Crippen molar-refractivity contribution in [2.75, 3.05) is 9.80 Å². The van der Waals surface area contributed by atoms with E-state index < -0.39 is 0 Å². The third kappa shape index (κ3) is 5.04. The fraction of sp³-hybridized carbons (Fsp3) is 0. The van der Waals surface area contributed by atoms with Crippen LogP contribution < -0.4 is 9.80 Å². The van der Waals surface area contributed by atoms with Crippen LogP contribution in [0.15, 0.2) is 200 Å². The van der Waals surface area contributed by atoms with Gasteiger partial charge in [0.05, 0.1) is 11.0 Å². The van der Waals surface area contributed by atoms with Gasteiger partial charge in [0, 0.05) is 70.8 Å². The topological polar surface area (TPSA) is 11.4 Å². The van der Waals surface area contributed by atoms with E-state index in [0.29, 0.717) is 0 Å². The third-order valence-electron chi connectivity index (χ3n) is 9.94. The molecule has 0 radical (unpaired) electrons. The number of hydrogen-bond donors (Lipinski definition) is 0. The molecule has 0 spiro atoms. The Hall–Kier alpha value is -6.62. The van der Waals surface area contributed by atoms with Gasteiger partial charge < -0.3 is 14.4 Å². The average Bonchev–Trinajstić information content (AvgIpc) is 3.76. The van der Waals surface area contributed by atoms with E-state index >= 15 is 0 Å². The highest BCUT2D eigenvalue weighted by atomic mass is 32.1. The second-order valence-corrected chi connectivity index (χ2v) is 14.1. The Morgan fingerprint density at radius 2 is 0.846 bits per heavy atom. The molecule has 0 aliphatic rings. The normalized spacial score (nSPS) is 11.5. The minimum atomic E-state index is 1.08. The van der Waals surface area contributed by atoms with E-state index in [4.69, 9.17) is 0 Å². The number of thiophene rings is 1. The highest BCUT2D eigenvalue weighted by molar-refractivity contribution is 7.26. The molecule has 10 rings (SSSR count). The molecule has 0 saturated heterocycles. The first-order chi connectivity index (χ1) is 25.8. The molecule has 0 amide bonds. The summed E-state index contributed by atoms with van der Waals surface area (Å²) in [4.78, 5) is 4.65. The summed E-state index contributed by atoms with van der Waals surface area (Å²) in [6.45, 7) is 0. The van der Waals surface area contributed by atoms with E-state index in [1.807, 2.05) is 11.3 Å². The predicted molar refractivity (Wildman–Crippen MR) is 223 cm³/mol. The molecule has 0 bridgehead atoms. The summed E-state index contributed by atoms with van der Waals surface area (Å²) < 4.78 is 5.09. The quantitative estimate of drug-likeness (QED) is 0.166. The van der Waals surface area contributed by atoms with E-state index in [1.165, 1.54) is 42.0 Å². The van der Waals surface area contributed by atoms with Crippen molar-refractivity contribution in [2.45, 2.75) is 0 Å². The van der Waals surface area contributed by atoms with Gasteiger partial charge in [-0.2, -0.15) is 0 Å². The van der Waals surface area contributed by atoms with Gasteiger partial charge in [0.15, 0.2) is 0 Å². The molecular weight excluding hydrogens is 651 g/mol. The molecule has 0 aliphatic heterocycles. The Balaban J connectivity index is 1.11. The number of hydrogen-bond acceptors (Lipinski definition) is 3. The fourth-order valence-corrected chi connectivity index (χ4v) is 8.92. The largest absolute Gasteiger partial charge is 0.310 e. The van der Waals surface area contributed by atoms with E-state index in [9.17, 15) is 0 Å². The van der Waals surface area contributed by atoms with E-state index in [1.54, 1.807) is 0 Å². The summed E-state index contributed by atoms with van der Waals surface area (Å²) in [5.74, 6) is 0. The molecule has 8 aromatic carbocycles. The maximum atomic E-state index is 2.42. The maximum absolute atomic E-state index is 2.42. The van der Waals surface area contributed by atoms with Crippen LogP contribution in [0.3, 0.4) is 0 Å². The number of fused-ring (bicyclic) bond motifs is 7. The van der Waals surface area contributed by atoms with Crippen LogP contribution in [0.1, 0.15) is 0 Å². The van der Waals surface area contributed by atoms with E-state index in [-0.39, 0.29) is 0 Å². The van der Waals surface area contributed by atoms with Gasteiger partial charge in [-0.25, -0.2) is 0 Å². The number of anilines is 6. The summed E-state index contributed by atoms with van der Waals surface area (Å²) in [7, 11) is 0. The van der Waals surface area contributed by atoms with Crippen LogP contribution in [0, 0.1) is 0 Å². The molecule has 0 saturated carbocycles. The summed E-state index contributed by atoms with van der Waals surface area (Å²) in [6.07, 6.45) is 0. The Morgan fingerprint density at radius 1 is 0.346 bits per heavy atom. The Labute approximate surface area is 306 Å². The lowest BCUT2D eigenvalue weighted by atomic mass is 10.1. The van der Waals surface area contributed by atoms with Gasteiger partial charge in [0.1, 0.15) is 0 Å². The van der Waals surface area contributed by atoms with Gasteiger partial charge >= 0.3 is 0 Å². The van der Waals surface area contributed by atoms with Crippen molar-refractivity contribution in [2.24, 2.45) is 0 Å². The Kier molecular flexibility index (Phi) is 7.33. The second kappa shape index (κ2) is 12.6. The second-order valence-electron chi connectivity index (χ2n) is 13.0. The predicted octanol–water partition coefficient (Wildman–Crippen LogP) is 14.1. The SMILES string of the molecule is c1ccc(N(c2ccccc2)c2cccc(N(c3ccccc3)c3ccc(-n4c5ccccc5c5c6sc7ccccc7c6ccc54)cc3)c2)cc1. The van der Waals surface area contributed by atoms with E-state index in [0.717, 1.165) is 39.8 Å². The minimum absolute atomic E-state index is 1.08. The Morgan fingerprint density at radius 3 is 1.46 bits per heavy atom. The maximum Gasteiger partial charge on any atom is 0.0555 e. The fourth-order valence-electron chi connectivity index (χ4n) is 7.66. The average molecular weight is 684 g/mol. The molecule has 0 atom stereocenters. The van der Waals surface area contributed by atoms with Crippen LogP contribution >= 0.6 is 11.3 Å². The number of rotatable bonds is 7. The van der Waals surface area contributed by atoms with Crippen LogP contribution in [0.5, 0.6) is 0 Å². The van der Waals surface area contributed by atoms with Crippen LogP contribution in [-0.4, -0.2) is 4.57 Å². The molecule has 2 heterocycles. The number of para-hydroxylation sites is 4. The lowest BCUT2D eigenvalue weighted by molar-refractivity contribution is 1.17. The van der Waals surface area contributed by atoms with Gasteiger partial charge in [-0.1, -0.05) is 103 Å². The summed E-state index contributed by atoms with van der Waals surface area (Å²) in [5, 5.41) is 5.25. The zero-order chi connectivity index (χ0) is 34.4. The summed E-state index contributed by atoms with van der Waals surface area (Å²) in [5.41, 5.74) is 10.2. The zero-order valence-electron chi connectivity index (χ0n) is 28.3. The van der Waals surface area contributed by atoms with Crippen LogP contribution in [0.4, 0.5) is 34.1 Å². The Bertz CT molecular complexity index is 2800. The van der Waals surface area contributed by atoms with Crippen molar-refractivity contribution in [1.29, 1.82) is 0 Å². The van der Waals surface area contributed by atoms with Gasteiger partial charge in [-0.05, 0) is 97.1 Å². The van der Waals surface area contributed by atoms with Gasteiger partial charge in [0.2, 0.25) is 0 Å². The molecule has 0 N–H and O–H groups in total. The van der Waals surface area contributed by atoms with Gasteiger partial charge in [-0.3, -0.25) is 0 Å². The van der Waals surface area contributed by atoms with Crippen LogP contribution in [-0.2, 0) is 0 Å². The van der Waals surface area contributed by atoms with Crippen molar-refractivity contribution >= 4 is 87.4 Å². The summed E-state index contributed by atoms with van der Waals surface area (Å²) >= 11 is 1.89. The molecule has 2 aromatic heterocycles. The monoisotopic (exact) mass is 683 g/mol. The molecule has 0 unspecified atom stereocenters. The lowest BCUT2D eigenvalue weighted by Gasteiger charge is -2.29. The van der Waals surface area contributed by atoms with Crippen molar-refractivity contribution in [3.8, 4) is 5.69 Å². The molecular formula is C48H33N3S. The number of nitrogens with zero attached hydrogens (tertiary/aromatic N) is 3. The molecule has 10 aromatic rings. The van der Waals surface area contributed by atoms with Crippen molar-refractivity contribution in [3.63, 3.8) is 0 Å². The molecule has 246 valence electrons. The first-order valence-electron chi connectivity index (χ1n) is 17.6. The third-order valence-corrected chi connectivity index (χ3v) is 11.1. The van der Waals surface area contributed by atoms with E-state index in [2.05, 4.69) is 215 Å².